The fourth-order valence-corrected chi connectivity index (χ4v) is 3.76. The van der Waals surface area contributed by atoms with Gasteiger partial charge in [0.1, 0.15) is 0 Å². The van der Waals surface area contributed by atoms with Gasteiger partial charge in [0.05, 0.1) is 4.88 Å². The lowest BCUT2D eigenvalue weighted by molar-refractivity contribution is 0.0752. The molecule has 1 aromatic rings. The number of nitrogens with one attached hydrogen (secondary N) is 1. The molecule has 0 radical (unpaired) electrons. The van der Waals surface area contributed by atoms with Gasteiger partial charge < -0.3 is 10.2 Å². The van der Waals surface area contributed by atoms with Crippen molar-refractivity contribution >= 4 is 17.2 Å². The first-order valence-corrected chi connectivity index (χ1v) is 7.21. The largest absolute Gasteiger partial charge is 0.336 e. The zero-order valence-electron chi connectivity index (χ0n) is 10.1. The Morgan fingerprint density at radius 1 is 1.41 bits per heavy atom. The number of fused-ring (bicyclic) bond motifs is 2. The lowest BCUT2D eigenvalue weighted by atomic mass is 10.1. The number of nitrogens with zero attached hydrogens (tertiary/aromatic N) is 1. The molecule has 2 bridgehead atoms. The molecule has 2 unspecified atom stereocenters. The molecule has 17 heavy (non-hydrogen) atoms. The van der Waals surface area contributed by atoms with Gasteiger partial charge in [0.25, 0.3) is 5.91 Å². The van der Waals surface area contributed by atoms with E-state index in [9.17, 15) is 4.79 Å². The van der Waals surface area contributed by atoms with Gasteiger partial charge in [-0.3, -0.25) is 4.79 Å². The van der Waals surface area contributed by atoms with Crippen LogP contribution in [0.25, 0.3) is 0 Å². The van der Waals surface area contributed by atoms with Crippen LogP contribution in [0.2, 0.25) is 0 Å². The summed E-state index contributed by atoms with van der Waals surface area (Å²) in [5.74, 6) is 0.229. The van der Waals surface area contributed by atoms with Gasteiger partial charge in [0.15, 0.2) is 0 Å². The van der Waals surface area contributed by atoms with Crippen molar-refractivity contribution in [3.63, 3.8) is 0 Å². The van der Waals surface area contributed by atoms with Gasteiger partial charge in [-0.1, -0.05) is 0 Å². The molecule has 0 aliphatic carbocycles. The normalized spacial score (nSPS) is 28.2. The van der Waals surface area contributed by atoms with E-state index in [-0.39, 0.29) is 5.91 Å². The second kappa shape index (κ2) is 4.42. The molecule has 2 aliphatic heterocycles. The van der Waals surface area contributed by atoms with Crippen molar-refractivity contribution in [1.82, 2.24) is 10.2 Å². The molecule has 0 aromatic carbocycles. The first kappa shape index (κ1) is 11.2. The molecule has 1 amide bonds. The van der Waals surface area contributed by atoms with Crippen LogP contribution in [0.5, 0.6) is 0 Å². The molecular formula is C13H18N2OS. The smallest absolute Gasteiger partial charge is 0.264 e. The predicted octanol–water partition coefficient (Wildman–Crippen LogP) is 2.02. The maximum absolute atomic E-state index is 12.4. The fraction of sp³-hybridized carbons (Fsp3) is 0.615. The van der Waals surface area contributed by atoms with Crippen molar-refractivity contribution in [2.75, 3.05) is 13.1 Å². The summed E-state index contributed by atoms with van der Waals surface area (Å²) in [6.07, 6.45) is 3.61. The summed E-state index contributed by atoms with van der Waals surface area (Å²) >= 11 is 1.57. The van der Waals surface area contributed by atoms with Gasteiger partial charge in [-0.2, -0.15) is 0 Å². The van der Waals surface area contributed by atoms with Gasteiger partial charge in [-0.25, -0.2) is 0 Å². The molecule has 0 saturated carbocycles. The molecule has 3 nitrogen and oxygen atoms in total. The van der Waals surface area contributed by atoms with E-state index in [2.05, 4.69) is 5.32 Å². The van der Waals surface area contributed by atoms with Crippen molar-refractivity contribution < 1.29 is 4.79 Å². The maximum Gasteiger partial charge on any atom is 0.264 e. The third-order valence-electron chi connectivity index (χ3n) is 3.87. The first-order chi connectivity index (χ1) is 8.24. The molecule has 1 N–H and O–H groups in total. The van der Waals surface area contributed by atoms with E-state index in [1.165, 1.54) is 12.8 Å². The summed E-state index contributed by atoms with van der Waals surface area (Å²) in [6, 6.07) is 3.19. The highest BCUT2D eigenvalue weighted by molar-refractivity contribution is 7.12. The fourth-order valence-electron chi connectivity index (χ4n) is 2.86. The van der Waals surface area contributed by atoms with Crippen LogP contribution < -0.4 is 5.32 Å². The van der Waals surface area contributed by atoms with E-state index < -0.39 is 0 Å². The number of rotatable bonds is 1. The number of hydrogen-bond acceptors (Lipinski definition) is 3. The third kappa shape index (κ3) is 2.11. The number of thiophene rings is 1. The van der Waals surface area contributed by atoms with Crippen molar-refractivity contribution in [1.29, 1.82) is 0 Å². The average Bonchev–Trinajstić information content (AvgIpc) is 2.84. The summed E-state index contributed by atoms with van der Waals surface area (Å²) in [4.78, 5) is 15.4. The van der Waals surface area contributed by atoms with Crippen LogP contribution in [0.1, 0.15) is 34.5 Å². The van der Waals surface area contributed by atoms with Gasteiger partial charge >= 0.3 is 0 Å². The van der Waals surface area contributed by atoms with Crippen molar-refractivity contribution in [3.05, 3.63) is 21.9 Å². The highest BCUT2D eigenvalue weighted by Gasteiger charge is 2.31. The molecule has 92 valence electrons. The van der Waals surface area contributed by atoms with Crippen LogP contribution in [-0.2, 0) is 0 Å². The Morgan fingerprint density at radius 3 is 3.00 bits per heavy atom. The number of amides is 1. The van der Waals surface area contributed by atoms with E-state index >= 15 is 0 Å². The monoisotopic (exact) mass is 250 g/mol. The Morgan fingerprint density at radius 2 is 2.24 bits per heavy atom. The zero-order valence-corrected chi connectivity index (χ0v) is 10.9. The zero-order chi connectivity index (χ0) is 11.8. The SMILES string of the molecule is Cc1ccsc1C(=O)N1CCC2CCC(C1)N2. The van der Waals surface area contributed by atoms with E-state index in [1.54, 1.807) is 11.3 Å². The van der Waals surface area contributed by atoms with Crippen LogP contribution in [-0.4, -0.2) is 36.0 Å². The molecule has 2 saturated heterocycles. The van der Waals surface area contributed by atoms with Gasteiger partial charge in [-0.05, 0) is 43.2 Å². The van der Waals surface area contributed by atoms with E-state index in [1.807, 2.05) is 23.3 Å². The summed E-state index contributed by atoms with van der Waals surface area (Å²) in [7, 11) is 0. The van der Waals surface area contributed by atoms with Crippen LogP contribution in [0.4, 0.5) is 0 Å². The van der Waals surface area contributed by atoms with Crippen LogP contribution >= 0.6 is 11.3 Å². The Hall–Kier alpha value is -0.870. The maximum atomic E-state index is 12.4. The third-order valence-corrected chi connectivity index (χ3v) is 4.87. The first-order valence-electron chi connectivity index (χ1n) is 6.33. The number of carbonyl (C=O) groups excluding carboxylic acids is 1. The number of likely N-dealkylation sites (tertiary alicyclic amines) is 1. The summed E-state index contributed by atoms with van der Waals surface area (Å²) in [5, 5.41) is 5.61. The van der Waals surface area contributed by atoms with Crippen LogP contribution in [0.3, 0.4) is 0 Å². The second-order valence-corrected chi connectivity index (χ2v) is 6.03. The van der Waals surface area contributed by atoms with Gasteiger partial charge in [0, 0.05) is 25.2 Å². The van der Waals surface area contributed by atoms with Crippen molar-refractivity contribution in [2.24, 2.45) is 0 Å². The molecular weight excluding hydrogens is 232 g/mol. The van der Waals surface area contributed by atoms with E-state index in [0.717, 1.165) is 30.0 Å². The quantitative estimate of drug-likeness (QED) is 0.827. The molecule has 3 heterocycles. The minimum Gasteiger partial charge on any atom is -0.336 e. The van der Waals surface area contributed by atoms with Crippen molar-refractivity contribution in [2.45, 2.75) is 38.3 Å². The van der Waals surface area contributed by atoms with E-state index in [4.69, 9.17) is 0 Å². The topological polar surface area (TPSA) is 32.3 Å². The molecule has 2 fully saturated rings. The van der Waals surface area contributed by atoms with Crippen LogP contribution in [0, 0.1) is 6.92 Å². The lowest BCUT2D eigenvalue weighted by Gasteiger charge is -2.24. The number of hydrogen-bond donors (Lipinski definition) is 1. The Bertz CT molecular complexity index is 429. The molecule has 2 aliphatic rings. The Labute approximate surface area is 106 Å². The highest BCUT2D eigenvalue weighted by atomic mass is 32.1. The molecule has 1 aromatic heterocycles. The lowest BCUT2D eigenvalue weighted by Crippen LogP contribution is -2.38. The molecule has 0 spiro atoms. The molecule has 2 atom stereocenters. The second-order valence-electron chi connectivity index (χ2n) is 5.11. The Kier molecular flexibility index (Phi) is 2.92. The van der Waals surface area contributed by atoms with Crippen LogP contribution in [0.15, 0.2) is 11.4 Å². The summed E-state index contributed by atoms with van der Waals surface area (Å²) in [5.41, 5.74) is 1.11. The summed E-state index contributed by atoms with van der Waals surface area (Å²) < 4.78 is 0. The standard InChI is InChI=1S/C13H18N2OS/c1-9-5-7-17-12(9)13(16)15-6-4-10-2-3-11(8-15)14-10/h5,7,10-11,14H,2-4,6,8H2,1H3. The molecule has 3 rings (SSSR count). The number of aryl methyl sites for hydroxylation is 1. The summed E-state index contributed by atoms with van der Waals surface area (Å²) in [6.45, 7) is 3.81. The Balaban J connectivity index is 1.76. The molecule has 4 heteroatoms. The van der Waals surface area contributed by atoms with Crippen molar-refractivity contribution in [3.8, 4) is 0 Å². The minimum atomic E-state index is 0.229. The van der Waals surface area contributed by atoms with Gasteiger partial charge in [-0.15, -0.1) is 11.3 Å². The predicted molar refractivity (Wildman–Crippen MR) is 69.5 cm³/mol. The van der Waals surface area contributed by atoms with Gasteiger partial charge in [0.2, 0.25) is 0 Å². The average molecular weight is 250 g/mol. The highest BCUT2D eigenvalue weighted by Crippen LogP contribution is 2.24. The number of carbonyl (C=O) groups is 1. The minimum absolute atomic E-state index is 0.229. The van der Waals surface area contributed by atoms with E-state index in [0.29, 0.717) is 12.1 Å².